The third-order valence-electron chi connectivity index (χ3n) is 4.36. The highest BCUT2D eigenvalue weighted by Crippen LogP contribution is 2.35. The summed E-state index contributed by atoms with van der Waals surface area (Å²) in [6.07, 6.45) is 4.44. The second-order valence-corrected chi connectivity index (χ2v) is 6.13. The van der Waals surface area contributed by atoms with Gasteiger partial charge in [0.1, 0.15) is 5.82 Å². The van der Waals surface area contributed by atoms with E-state index >= 15 is 0 Å². The number of carbonyl (C=O) groups is 2. The first-order valence-electron chi connectivity index (χ1n) is 7.83. The molecule has 126 valence electrons. The van der Waals surface area contributed by atoms with E-state index in [0.29, 0.717) is 17.7 Å². The summed E-state index contributed by atoms with van der Waals surface area (Å²) in [7, 11) is 1.71. The molecule has 0 radical (unpaired) electrons. The highest BCUT2D eigenvalue weighted by atomic mass is 19.1. The molecule has 1 aromatic carbocycles. The number of carbonyl (C=O) groups excluding carboxylic acids is 2. The molecule has 0 aliphatic heterocycles. The molecule has 0 bridgehead atoms. The molecule has 2 aromatic rings. The zero-order chi connectivity index (χ0) is 17.3. The van der Waals surface area contributed by atoms with E-state index in [2.05, 4.69) is 15.7 Å². The topological polar surface area (TPSA) is 76.0 Å². The quantitative estimate of drug-likeness (QED) is 0.826. The smallest absolute Gasteiger partial charge is 0.313 e. The van der Waals surface area contributed by atoms with Gasteiger partial charge in [0.25, 0.3) is 0 Å². The molecular weight excluding hydrogens is 311 g/mol. The Morgan fingerprint density at radius 2 is 2.12 bits per heavy atom. The van der Waals surface area contributed by atoms with E-state index in [1.807, 2.05) is 6.92 Å². The van der Waals surface area contributed by atoms with E-state index in [1.165, 1.54) is 16.9 Å². The van der Waals surface area contributed by atoms with Crippen LogP contribution >= 0.6 is 0 Å². The van der Waals surface area contributed by atoms with Crippen LogP contribution in [-0.4, -0.2) is 21.6 Å². The van der Waals surface area contributed by atoms with Crippen LogP contribution in [0.4, 0.5) is 10.1 Å². The number of hydrogen-bond donors (Lipinski definition) is 2. The lowest BCUT2D eigenvalue weighted by Crippen LogP contribution is -2.41. The van der Waals surface area contributed by atoms with Crippen molar-refractivity contribution in [3.05, 3.63) is 47.5 Å². The van der Waals surface area contributed by atoms with Gasteiger partial charge in [-0.2, -0.15) is 5.10 Å². The van der Waals surface area contributed by atoms with Gasteiger partial charge in [-0.05, 0) is 36.0 Å². The van der Waals surface area contributed by atoms with Crippen LogP contribution in [0.2, 0.25) is 0 Å². The fourth-order valence-corrected chi connectivity index (χ4v) is 3.08. The molecule has 1 aliphatic carbocycles. The summed E-state index contributed by atoms with van der Waals surface area (Å²) >= 11 is 0. The van der Waals surface area contributed by atoms with Crippen LogP contribution in [0.5, 0.6) is 0 Å². The first-order valence-corrected chi connectivity index (χ1v) is 7.83. The third kappa shape index (κ3) is 3.15. The van der Waals surface area contributed by atoms with Crippen LogP contribution in [0.3, 0.4) is 0 Å². The van der Waals surface area contributed by atoms with Crippen LogP contribution in [0.25, 0.3) is 0 Å². The predicted molar refractivity (Wildman–Crippen MR) is 86.6 cm³/mol. The average Bonchev–Trinajstić information content (AvgIpc) is 2.95. The molecule has 1 aliphatic rings. The lowest BCUT2D eigenvalue weighted by Gasteiger charge is -2.32. The van der Waals surface area contributed by atoms with E-state index in [0.717, 1.165) is 12.0 Å². The highest BCUT2D eigenvalue weighted by Gasteiger charge is 2.31. The fraction of sp³-hybridized carbons (Fsp3) is 0.353. The summed E-state index contributed by atoms with van der Waals surface area (Å²) in [5.74, 6) is -1.65. The van der Waals surface area contributed by atoms with E-state index in [9.17, 15) is 14.0 Å². The Morgan fingerprint density at radius 1 is 1.33 bits per heavy atom. The maximum absolute atomic E-state index is 14.0. The van der Waals surface area contributed by atoms with Crippen molar-refractivity contribution in [2.45, 2.75) is 25.8 Å². The Labute approximate surface area is 139 Å². The molecular formula is C17H19FN4O2. The van der Waals surface area contributed by atoms with Gasteiger partial charge in [0.15, 0.2) is 0 Å². The molecule has 24 heavy (non-hydrogen) atoms. The summed E-state index contributed by atoms with van der Waals surface area (Å²) in [4.78, 5) is 24.3. The number of aryl methyl sites for hydroxylation is 1. The molecule has 3 rings (SSSR count). The van der Waals surface area contributed by atoms with Gasteiger partial charge in [-0.1, -0.05) is 19.1 Å². The second kappa shape index (κ2) is 6.43. The zero-order valence-electron chi connectivity index (χ0n) is 13.5. The Bertz CT molecular complexity index is 787. The minimum atomic E-state index is -0.765. The van der Waals surface area contributed by atoms with Gasteiger partial charge in [0, 0.05) is 13.2 Å². The van der Waals surface area contributed by atoms with Crippen LogP contribution in [0, 0.1) is 11.7 Å². The van der Waals surface area contributed by atoms with Crippen molar-refractivity contribution in [1.29, 1.82) is 0 Å². The molecule has 6 nitrogen and oxygen atoms in total. The predicted octanol–water partition coefficient (Wildman–Crippen LogP) is 1.94. The molecule has 2 N–H and O–H groups in total. The van der Waals surface area contributed by atoms with Gasteiger partial charge in [0.05, 0.1) is 17.9 Å². The van der Waals surface area contributed by atoms with Gasteiger partial charge >= 0.3 is 11.8 Å². The number of anilines is 1. The Hall–Kier alpha value is -2.70. The molecule has 1 aromatic heterocycles. The van der Waals surface area contributed by atoms with Crippen molar-refractivity contribution < 1.29 is 14.0 Å². The summed E-state index contributed by atoms with van der Waals surface area (Å²) in [5.41, 5.74) is 1.81. The summed E-state index contributed by atoms with van der Waals surface area (Å²) in [6, 6.07) is 4.47. The summed E-state index contributed by atoms with van der Waals surface area (Å²) in [6.45, 7) is 1.98. The van der Waals surface area contributed by atoms with E-state index in [4.69, 9.17) is 0 Å². The standard InChI is InChI=1S/C17H19FN4O2/c1-10-6-7-12-13(4-3-5-14(12)18)15(10)21-17(24)16(23)20-11-8-19-22(2)9-11/h3-5,8-10,15H,6-7H2,1-2H3,(H,20,23)(H,21,24)/t10-,15-/m0/s1. The molecule has 0 fully saturated rings. The molecule has 0 saturated carbocycles. The Kier molecular flexibility index (Phi) is 4.33. The molecule has 7 heteroatoms. The Balaban J connectivity index is 1.74. The second-order valence-electron chi connectivity index (χ2n) is 6.13. The number of benzene rings is 1. The van der Waals surface area contributed by atoms with Gasteiger partial charge in [0.2, 0.25) is 0 Å². The largest absolute Gasteiger partial charge is 0.341 e. The number of amides is 2. The number of halogens is 1. The third-order valence-corrected chi connectivity index (χ3v) is 4.36. The van der Waals surface area contributed by atoms with Gasteiger partial charge < -0.3 is 10.6 Å². The summed E-state index contributed by atoms with van der Waals surface area (Å²) < 4.78 is 15.5. The van der Waals surface area contributed by atoms with Crippen LogP contribution in [0.15, 0.2) is 30.6 Å². The first kappa shape index (κ1) is 16.2. The van der Waals surface area contributed by atoms with Crippen molar-refractivity contribution in [1.82, 2.24) is 15.1 Å². The number of nitrogens with zero attached hydrogens (tertiary/aromatic N) is 2. The molecule has 0 saturated heterocycles. The number of nitrogens with one attached hydrogen (secondary N) is 2. The van der Waals surface area contributed by atoms with Crippen molar-refractivity contribution in [3.8, 4) is 0 Å². The highest BCUT2D eigenvalue weighted by molar-refractivity contribution is 6.39. The molecule has 2 atom stereocenters. The Morgan fingerprint density at radius 3 is 2.83 bits per heavy atom. The molecule has 2 amide bonds. The van der Waals surface area contributed by atoms with Crippen molar-refractivity contribution in [2.24, 2.45) is 13.0 Å². The monoisotopic (exact) mass is 330 g/mol. The van der Waals surface area contributed by atoms with Crippen molar-refractivity contribution >= 4 is 17.5 Å². The lowest BCUT2D eigenvalue weighted by molar-refractivity contribution is -0.136. The average molecular weight is 330 g/mol. The van der Waals surface area contributed by atoms with Gasteiger partial charge in [-0.25, -0.2) is 4.39 Å². The van der Waals surface area contributed by atoms with Crippen LogP contribution in [-0.2, 0) is 23.1 Å². The van der Waals surface area contributed by atoms with E-state index in [1.54, 1.807) is 25.4 Å². The molecule has 1 heterocycles. The van der Waals surface area contributed by atoms with E-state index < -0.39 is 11.8 Å². The van der Waals surface area contributed by atoms with Crippen molar-refractivity contribution in [2.75, 3.05) is 5.32 Å². The number of fused-ring (bicyclic) bond motifs is 1. The van der Waals surface area contributed by atoms with E-state index in [-0.39, 0.29) is 17.8 Å². The van der Waals surface area contributed by atoms with Crippen LogP contribution in [0.1, 0.15) is 30.5 Å². The van der Waals surface area contributed by atoms with Crippen molar-refractivity contribution in [3.63, 3.8) is 0 Å². The molecule has 0 spiro atoms. The number of rotatable bonds is 2. The van der Waals surface area contributed by atoms with Gasteiger partial charge in [-0.15, -0.1) is 0 Å². The lowest BCUT2D eigenvalue weighted by atomic mass is 9.80. The SMILES string of the molecule is C[C@H]1CCc2c(F)cccc2[C@H]1NC(=O)C(=O)Nc1cnn(C)c1. The maximum Gasteiger partial charge on any atom is 0.313 e. The number of aromatic nitrogens is 2. The fourth-order valence-electron chi connectivity index (χ4n) is 3.08. The number of hydrogen-bond acceptors (Lipinski definition) is 3. The summed E-state index contributed by atoms with van der Waals surface area (Å²) in [5, 5.41) is 9.15. The molecule has 0 unspecified atom stereocenters. The van der Waals surface area contributed by atoms with Gasteiger partial charge in [-0.3, -0.25) is 14.3 Å². The minimum Gasteiger partial charge on any atom is -0.341 e. The van der Waals surface area contributed by atoms with Crippen LogP contribution < -0.4 is 10.6 Å². The normalized spacial score (nSPS) is 19.5. The zero-order valence-corrected chi connectivity index (χ0v) is 13.5. The minimum absolute atomic E-state index is 0.120. The maximum atomic E-state index is 14.0. The first-order chi connectivity index (χ1) is 11.5.